The Hall–Kier alpha value is -3.12. The fourth-order valence-corrected chi connectivity index (χ4v) is 3.12. The molecule has 1 heterocycles. The summed E-state index contributed by atoms with van der Waals surface area (Å²) in [6, 6.07) is 14.7. The molecule has 150 valence electrons. The monoisotopic (exact) mass is 410 g/mol. The number of nitrogens with one attached hydrogen (secondary N) is 2. The minimum Gasteiger partial charge on any atom is -0.348 e. The number of amides is 2. The second kappa shape index (κ2) is 9.39. The molecule has 0 atom stereocenters. The summed E-state index contributed by atoms with van der Waals surface area (Å²) < 4.78 is 1.69. The predicted octanol–water partition coefficient (Wildman–Crippen LogP) is 4.50. The van der Waals surface area contributed by atoms with E-state index in [0.29, 0.717) is 23.6 Å². The standard InChI is InChI=1S/C22H23ClN4O2/c1-3-5-21(28)26-18-10-8-16(9-11-18)13-24-22(29)20-14-25-27(15(20)2)19-7-4-6-17(23)12-19/h4,6-12,14H,3,5,13H2,1-2H3,(H,24,29)(H,26,28). The van der Waals surface area contributed by atoms with E-state index in [2.05, 4.69) is 15.7 Å². The van der Waals surface area contributed by atoms with Gasteiger partial charge in [0.15, 0.2) is 0 Å². The summed E-state index contributed by atoms with van der Waals surface area (Å²) in [6.45, 7) is 4.19. The number of nitrogens with zero attached hydrogens (tertiary/aromatic N) is 2. The molecular weight excluding hydrogens is 388 g/mol. The third kappa shape index (κ3) is 5.23. The number of benzene rings is 2. The van der Waals surface area contributed by atoms with Gasteiger partial charge in [-0.25, -0.2) is 4.68 Å². The van der Waals surface area contributed by atoms with Gasteiger partial charge in [-0.3, -0.25) is 9.59 Å². The average Bonchev–Trinajstić information content (AvgIpc) is 3.09. The summed E-state index contributed by atoms with van der Waals surface area (Å²) >= 11 is 6.04. The molecule has 0 unspecified atom stereocenters. The van der Waals surface area contributed by atoms with Crippen LogP contribution in [-0.2, 0) is 11.3 Å². The van der Waals surface area contributed by atoms with Gasteiger partial charge in [0.1, 0.15) is 0 Å². The molecule has 29 heavy (non-hydrogen) atoms. The Morgan fingerprint density at radius 1 is 1.14 bits per heavy atom. The van der Waals surface area contributed by atoms with Crippen molar-refractivity contribution in [2.24, 2.45) is 0 Å². The van der Waals surface area contributed by atoms with E-state index >= 15 is 0 Å². The molecule has 0 aliphatic carbocycles. The van der Waals surface area contributed by atoms with E-state index in [-0.39, 0.29) is 11.8 Å². The highest BCUT2D eigenvalue weighted by molar-refractivity contribution is 6.30. The molecule has 0 saturated carbocycles. The van der Waals surface area contributed by atoms with Crippen LogP contribution in [0.25, 0.3) is 5.69 Å². The molecule has 0 aliphatic heterocycles. The van der Waals surface area contributed by atoms with Crippen LogP contribution < -0.4 is 10.6 Å². The van der Waals surface area contributed by atoms with E-state index in [1.807, 2.05) is 50.2 Å². The summed E-state index contributed by atoms with van der Waals surface area (Å²) in [5, 5.41) is 10.7. The van der Waals surface area contributed by atoms with E-state index in [1.165, 1.54) is 0 Å². The summed E-state index contributed by atoms with van der Waals surface area (Å²) in [5.41, 5.74) is 3.73. The van der Waals surface area contributed by atoms with Crippen molar-refractivity contribution >= 4 is 29.1 Å². The molecule has 2 amide bonds. The van der Waals surface area contributed by atoms with Crippen LogP contribution in [0.1, 0.15) is 41.4 Å². The Morgan fingerprint density at radius 2 is 1.90 bits per heavy atom. The number of rotatable bonds is 7. The second-order valence-electron chi connectivity index (χ2n) is 6.71. The lowest BCUT2D eigenvalue weighted by Crippen LogP contribution is -2.23. The first-order valence-corrected chi connectivity index (χ1v) is 9.83. The minimum atomic E-state index is -0.198. The molecule has 0 aliphatic rings. The lowest BCUT2D eigenvalue weighted by atomic mass is 10.2. The topological polar surface area (TPSA) is 76.0 Å². The summed E-state index contributed by atoms with van der Waals surface area (Å²) in [4.78, 5) is 24.2. The first-order valence-electron chi connectivity index (χ1n) is 9.45. The van der Waals surface area contributed by atoms with Crippen LogP contribution in [0.15, 0.2) is 54.7 Å². The Balaban J connectivity index is 1.62. The molecule has 0 saturated heterocycles. The van der Waals surface area contributed by atoms with Gasteiger partial charge in [-0.2, -0.15) is 5.10 Å². The number of aromatic nitrogens is 2. The molecule has 2 N–H and O–H groups in total. The first-order chi connectivity index (χ1) is 14.0. The van der Waals surface area contributed by atoms with Crippen LogP contribution in [0.5, 0.6) is 0 Å². The lowest BCUT2D eigenvalue weighted by Gasteiger charge is -2.08. The summed E-state index contributed by atoms with van der Waals surface area (Å²) in [6.07, 6.45) is 2.86. The molecule has 3 aromatic rings. The third-order valence-corrected chi connectivity index (χ3v) is 4.71. The maximum Gasteiger partial charge on any atom is 0.255 e. The van der Waals surface area contributed by atoms with Gasteiger partial charge < -0.3 is 10.6 Å². The zero-order chi connectivity index (χ0) is 20.8. The second-order valence-corrected chi connectivity index (χ2v) is 7.15. The fraction of sp³-hybridized carbons (Fsp3) is 0.227. The van der Waals surface area contributed by atoms with Crippen molar-refractivity contribution < 1.29 is 9.59 Å². The average molecular weight is 411 g/mol. The fourth-order valence-electron chi connectivity index (χ4n) is 2.93. The van der Waals surface area contributed by atoms with Gasteiger partial charge in [0.2, 0.25) is 5.91 Å². The summed E-state index contributed by atoms with van der Waals surface area (Å²) in [5.74, 6) is -0.197. The van der Waals surface area contributed by atoms with Crippen LogP contribution in [0, 0.1) is 6.92 Å². The number of hydrogen-bond donors (Lipinski definition) is 2. The molecule has 0 spiro atoms. The largest absolute Gasteiger partial charge is 0.348 e. The zero-order valence-electron chi connectivity index (χ0n) is 16.4. The van der Waals surface area contributed by atoms with Crippen LogP contribution in [-0.4, -0.2) is 21.6 Å². The molecule has 3 rings (SSSR count). The third-order valence-electron chi connectivity index (χ3n) is 4.48. The smallest absolute Gasteiger partial charge is 0.255 e. The molecule has 7 heteroatoms. The molecule has 0 bridgehead atoms. The van der Waals surface area contributed by atoms with Crippen molar-refractivity contribution in [2.45, 2.75) is 33.2 Å². The van der Waals surface area contributed by atoms with Crippen LogP contribution in [0.2, 0.25) is 5.02 Å². The van der Waals surface area contributed by atoms with E-state index in [9.17, 15) is 9.59 Å². The van der Waals surface area contributed by atoms with Crippen molar-refractivity contribution in [3.05, 3.63) is 76.6 Å². The quantitative estimate of drug-likeness (QED) is 0.602. The van der Waals surface area contributed by atoms with Crippen molar-refractivity contribution in [2.75, 3.05) is 5.32 Å². The normalized spacial score (nSPS) is 10.6. The molecule has 6 nitrogen and oxygen atoms in total. The predicted molar refractivity (Wildman–Crippen MR) is 114 cm³/mol. The highest BCUT2D eigenvalue weighted by Crippen LogP contribution is 2.18. The number of carbonyl (C=O) groups is 2. The highest BCUT2D eigenvalue weighted by Gasteiger charge is 2.15. The van der Waals surface area contributed by atoms with Gasteiger partial charge in [-0.1, -0.05) is 36.7 Å². The maximum atomic E-state index is 12.6. The van der Waals surface area contributed by atoms with Crippen LogP contribution in [0.3, 0.4) is 0 Å². The van der Waals surface area contributed by atoms with Crippen molar-refractivity contribution in [1.82, 2.24) is 15.1 Å². The number of halogens is 1. The van der Waals surface area contributed by atoms with E-state index < -0.39 is 0 Å². The van der Waals surface area contributed by atoms with E-state index in [1.54, 1.807) is 23.0 Å². The Bertz CT molecular complexity index is 1010. The van der Waals surface area contributed by atoms with Crippen LogP contribution in [0.4, 0.5) is 5.69 Å². The van der Waals surface area contributed by atoms with Gasteiger partial charge >= 0.3 is 0 Å². The Labute approximate surface area is 174 Å². The Morgan fingerprint density at radius 3 is 2.59 bits per heavy atom. The van der Waals surface area contributed by atoms with E-state index in [4.69, 9.17) is 11.6 Å². The first kappa shape index (κ1) is 20.6. The molecule has 0 fully saturated rings. The van der Waals surface area contributed by atoms with Gasteiger partial charge in [0.05, 0.1) is 23.1 Å². The van der Waals surface area contributed by atoms with Gasteiger partial charge in [0, 0.05) is 23.7 Å². The summed E-state index contributed by atoms with van der Waals surface area (Å²) in [7, 11) is 0. The lowest BCUT2D eigenvalue weighted by molar-refractivity contribution is -0.116. The molecule has 1 aromatic heterocycles. The molecule has 0 radical (unpaired) electrons. The van der Waals surface area contributed by atoms with Gasteiger partial charge in [0.25, 0.3) is 5.91 Å². The van der Waals surface area contributed by atoms with Crippen molar-refractivity contribution in [3.8, 4) is 5.69 Å². The van der Waals surface area contributed by atoms with Crippen LogP contribution >= 0.6 is 11.6 Å². The number of carbonyl (C=O) groups excluding carboxylic acids is 2. The van der Waals surface area contributed by atoms with Crippen molar-refractivity contribution in [3.63, 3.8) is 0 Å². The highest BCUT2D eigenvalue weighted by atomic mass is 35.5. The Kier molecular flexibility index (Phi) is 6.67. The number of hydrogen-bond acceptors (Lipinski definition) is 3. The minimum absolute atomic E-state index is 0.000688. The van der Waals surface area contributed by atoms with E-state index in [0.717, 1.165) is 29.1 Å². The van der Waals surface area contributed by atoms with Gasteiger partial charge in [-0.15, -0.1) is 0 Å². The molecule has 2 aromatic carbocycles. The zero-order valence-corrected chi connectivity index (χ0v) is 17.2. The molecular formula is C22H23ClN4O2. The van der Waals surface area contributed by atoms with Crippen molar-refractivity contribution in [1.29, 1.82) is 0 Å². The van der Waals surface area contributed by atoms with Gasteiger partial charge in [-0.05, 0) is 49.2 Å². The number of anilines is 1. The SMILES string of the molecule is CCCC(=O)Nc1ccc(CNC(=O)c2cnn(-c3cccc(Cl)c3)c2C)cc1. The maximum absolute atomic E-state index is 12.6.